The van der Waals surface area contributed by atoms with E-state index in [-0.39, 0.29) is 0 Å². The van der Waals surface area contributed by atoms with E-state index in [1.807, 2.05) is 18.2 Å². The fourth-order valence-corrected chi connectivity index (χ4v) is 3.29. The number of halogens is 2. The molecule has 1 aliphatic carbocycles. The van der Waals surface area contributed by atoms with Crippen molar-refractivity contribution in [1.29, 1.82) is 0 Å². The molecule has 2 aromatic carbocycles. The number of hydrogen-bond acceptors (Lipinski definition) is 1. The van der Waals surface area contributed by atoms with Crippen LogP contribution in [0.3, 0.4) is 0 Å². The van der Waals surface area contributed by atoms with E-state index < -0.39 is 0 Å². The molecule has 0 saturated heterocycles. The Hall–Kier alpha value is -0.990. The third kappa shape index (κ3) is 2.96. The molecule has 0 bridgehead atoms. The molecule has 1 fully saturated rings. The first-order valence-electron chi connectivity index (χ1n) is 6.49. The van der Waals surface area contributed by atoms with Gasteiger partial charge in [-0.15, -0.1) is 0 Å². The van der Waals surface area contributed by atoms with Gasteiger partial charge in [-0.1, -0.05) is 57.9 Å². The molecule has 1 saturated carbocycles. The zero-order valence-corrected chi connectivity index (χ0v) is 12.8. The lowest BCUT2D eigenvalue weighted by Crippen LogP contribution is -2.34. The van der Waals surface area contributed by atoms with Crippen LogP contribution in [-0.4, -0.2) is 6.04 Å². The Bertz CT molecular complexity index is 564. The number of nitrogens with one attached hydrogen (secondary N) is 1. The summed E-state index contributed by atoms with van der Waals surface area (Å²) in [4.78, 5) is 0. The van der Waals surface area contributed by atoms with Gasteiger partial charge in [-0.05, 0) is 42.5 Å². The van der Waals surface area contributed by atoms with Crippen molar-refractivity contribution in [2.75, 3.05) is 5.32 Å². The van der Waals surface area contributed by atoms with E-state index in [0.29, 0.717) is 12.0 Å². The van der Waals surface area contributed by atoms with Crippen LogP contribution < -0.4 is 5.32 Å². The quantitative estimate of drug-likeness (QED) is 0.784. The van der Waals surface area contributed by atoms with Crippen molar-refractivity contribution in [1.82, 2.24) is 0 Å². The van der Waals surface area contributed by atoms with E-state index in [0.717, 1.165) is 15.2 Å². The highest BCUT2D eigenvalue weighted by molar-refractivity contribution is 9.10. The van der Waals surface area contributed by atoms with Crippen LogP contribution in [0.4, 0.5) is 5.69 Å². The maximum absolute atomic E-state index is 6.22. The third-order valence-electron chi connectivity index (χ3n) is 3.70. The Morgan fingerprint density at radius 2 is 1.79 bits per heavy atom. The monoisotopic (exact) mass is 335 g/mol. The minimum Gasteiger partial charge on any atom is -0.381 e. The standard InChI is InChI=1S/C16H15BrClN/c17-13-6-7-16(15(18)10-13)19-14-8-12(9-14)11-4-2-1-3-5-11/h1-7,10,12,14,19H,8-9H2. The predicted octanol–water partition coefficient (Wildman–Crippen LogP) is 5.46. The summed E-state index contributed by atoms with van der Waals surface area (Å²) in [5.74, 6) is 0.688. The van der Waals surface area contributed by atoms with Gasteiger partial charge in [0.2, 0.25) is 0 Å². The summed E-state index contributed by atoms with van der Waals surface area (Å²) in [7, 11) is 0. The normalized spacial score (nSPS) is 21.8. The summed E-state index contributed by atoms with van der Waals surface area (Å²) in [6.07, 6.45) is 2.35. The van der Waals surface area contributed by atoms with Crippen LogP contribution in [0.15, 0.2) is 53.0 Å². The molecule has 3 heteroatoms. The van der Waals surface area contributed by atoms with Gasteiger partial charge in [0, 0.05) is 10.5 Å². The van der Waals surface area contributed by atoms with Crippen LogP contribution in [0.2, 0.25) is 5.02 Å². The molecule has 19 heavy (non-hydrogen) atoms. The molecule has 0 amide bonds. The van der Waals surface area contributed by atoms with Crippen molar-refractivity contribution in [2.45, 2.75) is 24.8 Å². The van der Waals surface area contributed by atoms with Gasteiger partial charge in [0.25, 0.3) is 0 Å². The van der Waals surface area contributed by atoms with Crippen molar-refractivity contribution in [2.24, 2.45) is 0 Å². The first-order valence-corrected chi connectivity index (χ1v) is 7.66. The molecule has 2 aromatic rings. The zero-order valence-electron chi connectivity index (χ0n) is 10.4. The molecular weight excluding hydrogens is 322 g/mol. The molecular formula is C16H15BrClN. The number of rotatable bonds is 3. The number of benzene rings is 2. The Balaban J connectivity index is 1.60. The second kappa shape index (κ2) is 5.56. The summed E-state index contributed by atoms with van der Waals surface area (Å²) in [6.45, 7) is 0. The molecule has 98 valence electrons. The first-order chi connectivity index (χ1) is 9.22. The van der Waals surface area contributed by atoms with Crippen molar-refractivity contribution < 1.29 is 0 Å². The zero-order chi connectivity index (χ0) is 13.2. The van der Waals surface area contributed by atoms with E-state index in [1.54, 1.807) is 0 Å². The molecule has 0 spiro atoms. The highest BCUT2D eigenvalue weighted by Crippen LogP contribution is 2.39. The topological polar surface area (TPSA) is 12.0 Å². The summed E-state index contributed by atoms with van der Waals surface area (Å²) in [6, 6.07) is 17.2. The fourth-order valence-electron chi connectivity index (χ4n) is 2.56. The highest BCUT2D eigenvalue weighted by Gasteiger charge is 2.30. The number of anilines is 1. The molecule has 1 N–H and O–H groups in total. The van der Waals surface area contributed by atoms with Gasteiger partial charge in [-0.2, -0.15) is 0 Å². The second-order valence-electron chi connectivity index (χ2n) is 5.04. The SMILES string of the molecule is Clc1cc(Br)ccc1NC1CC(c2ccccc2)C1. The Morgan fingerprint density at radius 3 is 2.47 bits per heavy atom. The van der Waals surface area contributed by atoms with Crippen LogP contribution in [-0.2, 0) is 0 Å². The van der Waals surface area contributed by atoms with Crippen LogP contribution >= 0.6 is 27.5 Å². The lowest BCUT2D eigenvalue weighted by molar-refractivity contribution is 0.374. The average Bonchev–Trinajstić information content (AvgIpc) is 2.36. The van der Waals surface area contributed by atoms with Gasteiger partial charge in [-0.3, -0.25) is 0 Å². The van der Waals surface area contributed by atoms with Crippen LogP contribution in [0.1, 0.15) is 24.3 Å². The summed E-state index contributed by atoms with van der Waals surface area (Å²) < 4.78 is 1.01. The van der Waals surface area contributed by atoms with E-state index in [9.17, 15) is 0 Å². The van der Waals surface area contributed by atoms with E-state index >= 15 is 0 Å². The Morgan fingerprint density at radius 1 is 1.05 bits per heavy atom. The van der Waals surface area contributed by atoms with Gasteiger partial charge < -0.3 is 5.32 Å². The highest BCUT2D eigenvalue weighted by atomic mass is 79.9. The average molecular weight is 337 g/mol. The molecule has 0 unspecified atom stereocenters. The van der Waals surface area contributed by atoms with Crippen molar-refractivity contribution in [3.8, 4) is 0 Å². The summed E-state index contributed by atoms with van der Waals surface area (Å²) >= 11 is 9.64. The van der Waals surface area contributed by atoms with Crippen molar-refractivity contribution >= 4 is 33.2 Å². The minimum atomic E-state index is 0.531. The molecule has 0 aromatic heterocycles. The third-order valence-corrected chi connectivity index (χ3v) is 4.51. The summed E-state index contributed by atoms with van der Waals surface area (Å²) in [5, 5.41) is 4.30. The van der Waals surface area contributed by atoms with Gasteiger partial charge in [-0.25, -0.2) is 0 Å². The van der Waals surface area contributed by atoms with E-state index in [2.05, 4.69) is 51.6 Å². The van der Waals surface area contributed by atoms with E-state index in [4.69, 9.17) is 11.6 Å². The minimum absolute atomic E-state index is 0.531. The molecule has 0 radical (unpaired) electrons. The maximum atomic E-state index is 6.22. The molecule has 1 nitrogen and oxygen atoms in total. The maximum Gasteiger partial charge on any atom is 0.0648 e. The Kier molecular flexibility index (Phi) is 3.81. The van der Waals surface area contributed by atoms with Gasteiger partial charge in [0.05, 0.1) is 10.7 Å². The molecule has 0 aliphatic heterocycles. The number of hydrogen-bond donors (Lipinski definition) is 1. The fraction of sp³-hybridized carbons (Fsp3) is 0.250. The van der Waals surface area contributed by atoms with Gasteiger partial charge in [0.15, 0.2) is 0 Å². The lowest BCUT2D eigenvalue weighted by Gasteiger charge is -2.37. The molecule has 3 rings (SSSR count). The second-order valence-corrected chi connectivity index (χ2v) is 6.37. The molecule has 1 aliphatic rings. The van der Waals surface area contributed by atoms with Gasteiger partial charge >= 0.3 is 0 Å². The van der Waals surface area contributed by atoms with Crippen molar-refractivity contribution in [3.05, 3.63) is 63.6 Å². The summed E-state index contributed by atoms with van der Waals surface area (Å²) in [5.41, 5.74) is 2.48. The molecule has 0 heterocycles. The van der Waals surface area contributed by atoms with Crippen LogP contribution in [0.25, 0.3) is 0 Å². The predicted molar refractivity (Wildman–Crippen MR) is 85.0 cm³/mol. The lowest BCUT2D eigenvalue weighted by atomic mass is 9.76. The van der Waals surface area contributed by atoms with E-state index in [1.165, 1.54) is 18.4 Å². The first kappa shape index (κ1) is 13.0. The molecule has 0 atom stereocenters. The van der Waals surface area contributed by atoms with Crippen LogP contribution in [0, 0.1) is 0 Å². The Labute approximate surface area is 127 Å². The van der Waals surface area contributed by atoms with Gasteiger partial charge in [0.1, 0.15) is 0 Å². The van der Waals surface area contributed by atoms with Crippen LogP contribution in [0.5, 0.6) is 0 Å². The van der Waals surface area contributed by atoms with Crippen molar-refractivity contribution in [3.63, 3.8) is 0 Å². The largest absolute Gasteiger partial charge is 0.381 e. The smallest absolute Gasteiger partial charge is 0.0648 e.